The Hall–Kier alpha value is -4.23. The monoisotopic (exact) mass is 534 g/mol. The first kappa shape index (κ1) is 21.1. The second-order valence-electron chi connectivity index (χ2n) is 8.65. The molecule has 0 N–H and O–H groups in total. The Morgan fingerprint density at radius 1 is 0.889 bits per heavy atom. The molecule has 4 aromatic carbocycles. The number of rotatable bonds is 3. The number of ether oxygens (including phenoxy) is 2. The van der Waals surface area contributed by atoms with E-state index in [1.165, 1.54) is 0 Å². The van der Waals surface area contributed by atoms with Gasteiger partial charge in [0.15, 0.2) is 11.5 Å². The molecule has 6 nitrogen and oxygen atoms in total. The maximum Gasteiger partial charge on any atom is 0.228 e. The zero-order valence-electron chi connectivity index (χ0n) is 19.2. The van der Waals surface area contributed by atoms with Crippen LogP contribution in [-0.2, 0) is 0 Å². The third-order valence-electron chi connectivity index (χ3n) is 6.67. The Morgan fingerprint density at radius 2 is 1.69 bits per heavy atom. The second-order valence-corrected chi connectivity index (χ2v) is 9.51. The highest BCUT2D eigenvalue weighted by Crippen LogP contribution is 2.50. The molecular formula is C29H19BrN4O2. The van der Waals surface area contributed by atoms with Gasteiger partial charge in [-0.15, -0.1) is 5.10 Å². The molecule has 3 heterocycles. The molecule has 1 atom stereocenters. The number of hydrogen-bond donors (Lipinski definition) is 0. The first-order valence-corrected chi connectivity index (χ1v) is 12.3. The van der Waals surface area contributed by atoms with Gasteiger partial charge in [0.25, 0.3) is 0 Å². The minimum Gasteiger partial charge on any atom is -0.497 e. The maximum absolute atomic E-state index is 6.40. The van der Waals surface area contributed by atoms with Crippen molar-refractivity contribution in [3.8, 4) is 28.8 Å². The SMILES string of the molecule is COc1ccc([C@H]2c3c(ccc4ccccc34)Oc3ncn4nc(-c5ccccc5Br)nc4c32)cc1. The van der Waals surface area contributed by atoms with E-state index in [0.29, 0.717) is 17.4 Å². The van der Waals surface area contributed by atoms with Crippen LogP contribution in [0.25, 0.3) is 27.8 Å². The van der Waals surface area contributed by atoms with E-state index in [4.69, 9.17) is 19.6 Å². The normalized spacial score (nSPS) is 14.3. The zero-order valence-corrected chi connectivity index (χ0v) is 20.8. The van der Waals surface area contributed by atoms with Crippen LogP contribution >= 0.6 is 15.9 Å². The molecule has 0 amide bonds. The maximum atomic E-state index is 6.40. The number of hydrogen-bond acceptors (Lipinski definition) is 5. The summed E-state index contributed by atoms with van der Waals surface area (Å²) in [5, 5.41) is 7.05. The minimum atomic E-state index is -0.159. The van der Waals surface area contributed by atoms with Crippen molar-refractivity contribution in [1.29, 1.82) is 0 Å². The molecule has 0 aliphatic carbocycles. The van der Waals surface area contributed by atoms with Crippen molar-refractivity contribution in [3.05, 3.63) is 112 Å². The lowest BCUT2D eigenvalue weighted by Crippen LogP contribution is -2.15. The van der Waals surface area contributed by atoms with Gasteiger partial charge in [-0.05, 0) is 46.7 Å². The summed E-state index contributed by atoms with van der Waals surface area (Å²) < 4.78 is 14.5. The molecule has 7 heteroatoms. The molecule has 0 saturated heterocycles. The quantitative estimate of drug-likeness (QED) is 0.244. The fraction of sp³-hybridized carbons (Fsp3) is 0.0690. The average molecular weight is 535 g/mol. The van der Waals surface area contributed by atoms with Crippen molar-refractivity contribution < 1.29 is 9.47 Å². The van der Waals surface area contributed by atoms with Crippen molar-refractivity contribution in [2.75, 3.05) is 7.11 Å². The van der Waals surface area contributed by atoms with Crippen molar-refractivity contribution in [1.82, 2.24) is 19.6 Å². The average Bonchev–Trinajstić information content (AvgIpc) is 3.36. The van der Waals surface area contributed by atoms with Crippen LogP contribution in [-0.4, -0.2) is 26.7 Å². The number of aromatic nitrogens is 4. The van der Waals surface area contributed by atoms with Gasteiger partial charge in [0.1, 0.15) is 17.8 Å². The summed E-state index contributed by atoms with van der Waals surface area (Å²) in [6.07, 6.45) is 1.67. The van der Waals surface area contributed by atoms with E-state index in [-0.39, 0.29) is 5.92 Å². The standard InChI is InChI=1S/C29H19BrN4O2/c1-35-19-13-10-18(11-14-19)24-25-20-7-3-2-6-17(20)12-15-23(25)36-29-26(24)28-32-27(33-34(28)16-31-29)21-8-4-5-9-22(21)30/h2-16,24H,1H3/t24-/m0/s1. The molecule has 0 bridgehead atoms. The third kappa shape index (κ3) is 3.20. The van der Waals surface area contributed by atoms with Gasteiger partial charge in [-0.2, -0.15) is 0 Å². The van der Waals surface area contributed by atoms with Crippen LogP contribution < -0.4 is 9.47 Å². The van der Waals surface area contributed by atoms with Crippen LogP contribution in [0.3, 0.4) is 0 Å². The number of benzene rings is 4. The predicted molar refractivity (Wildman–Crippen MR) is 142 cm³/mol. The fourth-order valence-corrected chi connectivity index (χ4v) is 5.45. The Labute approximate surface area is 215 Å². The summed E-state index contributed by atoms with van der Waals surface area (Å²) >= 11 is 3.63. The molecule has 7 rings (SSSR count). The molecule has 0 unspecified atom stereocenters. The molecular weight excluding hydrogens is 516 g/mol. The molecule has 0 saturated carbocycles. The summed E-state index contributed by atoms with van der Waals surface area (Å²) in [7, 11) is 1.68. The van der Waals surface area contributed by atoms with E-state index in [1.54, 1.807) is 18.0 Å². The van der Waals surface area contributed by atoms with Gasteiger partial charge in [0, 0.05) is 21.5 Å². The fourth-order valence-electron chi connectivity index (χ4n) is 4.99. The van der Waals surface area contributed by atoms with E-state index in [2.05, 4.69) is 63.4 Å². The number of methoxy groups -OCH3 is 1. The Bertz CT molecular complexity index is 1780. The van der Waals surface area contributed by atoms with E-state index < -0.39 is 0 Å². The summed E-state index contributed by atoms with van der Waals surface area (Å²) in [6.45, 7) is 0. The highest BCUT2D eigenvalue weighted by molar-refractivity contribution is 9.10. The van der Waals surface area contributed by atoms with Crippen molar-refractivity contribution in [2.45, 2.75) is 5.92 Å². The van der Waals surface area contributed by atoms with Gasteiger partial charge >= 0.3 is 0 Å². The smallest absolute Gasteiger partial charge is 0.228 e. The minimum absolute atomic E-state index is 0.159. The lowest BCUT2D eigenvalue weighted by Gasteiger charge is -2.29. The lowest BCUT2D eigenvalue weighted by molar-refractivity contribution is 0.414. The Morgan fingerprint density at radius 3 is 2.53 bits per heavy atom. The van der Waals surface area contributed by atoms with Crippen molar-refractivity contribution >= 4 is 32.3 Å². The van der Waals surface area contributed by atoms with E-state index in [9.17, 15) is 0 Å². The molecule has 0 fully saturated rings. The number of fused-ring (bicyclic) bond motifs is 6. The van der Waals surface area contributed by atoms with Gasteiger partial charge in [0.05, 0.1) is 12.7 Å². The van der Waals surface area contributed by atoms with Crippen LogP contribution in [0.15, 0.2) is 95.7 Å². The predicted octanol–water partition coefficient (Wildman–Crippen LogP) is 7.00. The van der Waals surface area contributed by atoms with Crippen molar-refractivity contribution in [3.63, 3.8) is 0 Å². The molecule has 0 spiro atoms. The van der Waals surface area contributed by atoms with Gasteiger partial charge in [-0.25, -0.2) is 14.5 Å². The molecule has 6 aromatic rings. The molecule has 1 aliphatic heterocycles. The van der Waals surface area contributed by atoms with Crippen molar-refractivity contribution in [2.24, 2.45) is 0 Å². The zero-order chi connectivity index (χ0) is 24.2. The summed E-state index contributed by atoms with van der Waals surface area (Å²) in [4.78, 5) is 9.66. The van der Waals surface area contributed by atoms with Crippen LogP contribution in [0.5, 0.6) is 17.4 Å². The van der Waals surface area contributed by atoms with Crippen LogP contribution in [0.2, 0.25) is 0 Å². The second kappa shape index (κ2) is 8.17. The summed E-state index contributed by atoms with van der Waals surface area (Å²) in [5.74, 6) is 2.60. The van der Waals surface area contributed by atoms with Crippen LogP contribution in [0.4, 0.5) is 0 Å². The number of halogens is 1. The van der Waals surface area contributed by atoms with E-state index in [1.807, 2.05) is 42.5 Å². The van der Waals surface area contributed by atoms with Gasteiger partial charge < -0.3 is 9.47 Å². The van der Waals surface area contributed by atoms with Gasteiger partial charge in [0.2, 0.25) is 5.88 Å². The number of nitrogens with zero attached hydrogens (tertiary/aromatic N) is 4. The molecule has 174 valence electrons. The third-order valence-corrected chi connectivity index (χ3v) is 7.36. The van der Waals surface area contributed by atoms with E-state index in [0.717, 1.165) is 49.0 Å². The Balaban J connectivity index is 1.53. The van der Waals surface area contributed by atoms with Crippen LogP contribution in [0.1, 0.15) is 22.6 Å². The lowest BCUT2D eigenvalue weighted by atomic mass is 9.81. The van der Waals surface area contributed by atoms with E-state index >= 15 is 0 Å². The van der Waals surface area contributed by atoms with Gasteiger partial charge in [-0.1, -0.05) is 70.5 Å². The first-order chi connectivity index (χ1) is 17.7. The molecule has 2 aromatic heterocycles. The molecule has 0 radical (unpaired) electrons. The molecule has 36 heavy (non-hydrogen) atoms. The topological polar surface area (TPSA) is 61.5 Å². The van der Waals surface area contributed by atoms with Gasteiger partial charge in [-0.3, -0.25) is 0 Å². The first-order valence-electron chi connectivity index (χ1n) is 11.5. The summed E-state index contributed by atoms with van der Waals surface area (Å²) in [5.41, 5.74) is 4.70. The highest BCUT2D eigenvalue weighted by Gasteiger charge is 2.34. The summed E-state index contributed by atoms with van der Waals surface area (Å²) in [6, 6.07) is 28.6. The van der Waals surface area contributed by atoms with Crippen LogP contribution in [0, 0.1) is 0 Å². The highest BCUT2D eigenvalue weighted by atomic mass is 79.9. The Kier molecular flexibility index (Phi) is 4.79. The molecule has 1 aliphatic rings. The largest absolute Gasteiger partial charge is 0.497 e.